The second-order valence-electron chi connectivity index (χ2n) is 9.59. The molecule has 0 saturated heterocycles. The molecule has 202 valence electrons. The Balaban J connectivity index is 1.61. The zero-order chi connectivity index (χ0) is 28.3. The van der Waals surface area contributed by atoms with Crippen LogP contribution in [-0.2, 0) is 10.2 Å². The fourth-order valence-electron chi connectivity index (χ4n) is 3.69. The number of amides is 1. The first-order chi connectivity index (χ1) is 18.5. The highest BCUT2D eigenvalue weighted by molar-refractivity contribution is 14.1. The van der Waals surface area contributed by atoms with Gasteiger partial charge in [-0.05, 0) is 82.8 Å². The molecule has 0 aliphatic carbocycles. The van der Waals surface area contributed by atoms with Crippen LogP contribution < -0.4 is 20.3 Å². The van der Waals surface area contributed by atoms with Gasteiger partial charge in [0.05, 0.1) is 27.8 Å². The monoisotopic (exact) mass is 706 g/mol. The Labute approximate surface area is 246 Å². The summed E-state index contributed by atoms with van der Waals surface area (Å²) in [5.41, 5.74) is 0.979. The molecule has 39 heavy (non-hydrogen) atoms. The van der Waals surface area contributed by atoms with E-state index in [-0.39, 0.29) is 12.2 Å². The molecule has 0 unspecified atom stereocenters. The van der Waals surface area contributed by atoms with E-state index in [1.807, 2.05) is 26.8 Å². The molecule has 8 nitrogen and oxygen atoms in total. The number of methoxy groups -OCH3 is 1. The van der Waals surface area contributed by atoms with Crippen LogP contribution in [0, 0.1) is 9.39 Å². The number of nitrogens with zero attached hydrogens (tertiary/aromatic N) is 3. The molecule has 4 rings (SSSR count). The molecule has 4 aromatic rings. The fourth-order valence-corrected chi connectivity index (χ4v) is 4.83. The lowest BCUT2D eigenvalue weighted by atomic mass is 9.95. The molecule has 1 N–H and O–H groups in total. The third-order valence-electron chi connectivity index (χ3n) is 5.53. The number of nitrogens with one attached hydrogen (secondary N) is 1. The zero-order valence-corrected chi connectivity index (χ0v) is 25.3. The van der Waals surface area contributed by atoms with Crippen molar-refractivity contribution in [3.05, 3.63) is 90.2 Å². The van der Waals surface area contributed by atoms with E-state index in [0.29, 0.717) is 43.0 Å². The highest BCUT2D eigenvalue weighted by Crippen LogP contribution is 2.33. The minimum absolute atomic E-state index is 0.278. The first kappa shape index (κ1) is 28.7. The number of hydrogen-bond acceptors (Lipinski definition) is 6. The van der Waals surface area contributed by atoms with Crippen molar-refractivity contribution in [3.8, 4) is 11.5 Å². The van der Waals surface area contributed by atoms with E-state index in [9.17, 15) is 14.0 Å². The van der Waals surface area contributed by atoms with E-state index in [2.05, 4.69) is 48.9 Å². The second-order valence-corrected chi connectivity index (χ2v) is 11.7. The number of hydrogen-bond donors (Lipinski definition) is 1. The van der Waals surface area contributed by atoms with Crippen LogP contribution in [0.5, 0.6) is 11.5 Å². The molecule has 0 atom stereocenters. The van der Waals surface area contributed by atoms with Gasteiger partial charge in [-0.3, -0.25) is 9.59 Å². The minimum atomic E-state index is -0.448. The first-order valence-electron chi connectivity index (χ1n) is 11.8. The van der Waals surface area contributed by atoms with Crippen molar-refractivity contribution >= 4 is 67.2 Å². The van der Waals surface area contributed by atoms with Crippen molar-refractivity contribution in [3.63, 3.8) is 0 Å². The van der Waals surface area contributed by atoms with Gasteiger partial charge in [-0.25, -0.2) is 9.37 Å². The van der Waals surface area contributed by atoms with Crippen LogP contribution >= 0.6 is 38.5 Å². The van der Waals surface area contributed by atoms with E-state index in [4.69, 9.17) is 14.5 Å². The molecule has 0 bridgehead atoms. The Morgan fingerprint density at radius 2 is 1.90 bits per heavy atom. The molecule has 0 aliphatic heterocycles. The van der Waals surface area contributed by atoms with Gasteiger partial charge < -0.3 is 14.8 Å². The Morgan fingerprint density at radius 3 is 2.56 bits per heavy atom. The first-order valence-corrected chi connectivity index (χ1v) is 13.7. The van der Waals surface area contributed by atoms with Crippen molar-refractivity contribution < 1.29 is 18.7 Å². The van der Waals surface area contributed by atoms with Crippen LogP contribution in [0.2, 0.25) is 0 Å². The molecule has 1 heterocycles. The number of rotatable bonds is 7. The van der Waals surface area contributed by atoms with Gasteiger partial charge in [0.1, 0.15) is 11.6 Å². The molecular formula is C28H25BrFIN4O4. The molecule has 0 aliphatic rings. The van der Waals surface area contributed by atoms with Crippen molar-refractivity contribution in [2.45, 2.75) is 26.2 Å². The molecule has 3 aromatic carbocycles. The molecule has 1 amide bonds. The fraction of sp³-hybridized carbons (Fsp3) is 0.214. The molecule has 0 radical (unpaired) electrons. The minimum Gasteiger partial charge on any atom is -0.493 e. The van der Waals surface area contributed by atoms with Crippen LogP contribution in [-0.4, -0.2) is 35.5 Å². The summed E-state index contributed by atoms with van der Waals surface area (Å²) >= 11 is 5.49. The summed E-state index contributed by atoms with van der Waals surface area (Å²) < 4.78 is 27.1. The molecule has 0 fully saturated rings. The maximum Gasteiger partial charge on any atom is 0.282 e. The van der Waals surface area contributed by atoms with E-state index in [1.165, 1.54) is 36.1 Å². The van der Waals surface area contributed by atoms with Gasteiger partial charge in [-0.15, -0.1) is 0 Å². The number of benzene rings is 3. The Morgan fingerprint density at radius 1 is 1.18 bits per heavy atom. The van der Waals surface area contributed by atoms with Crippen LogP contribution in [0.4, 0.5) is 10.1 Å². The van der Waals surface area contributed by atoms with Crippen molar-refractivity contribution in [1.29, 1.82) is 0 Å². The van der Waals surface area contributed by atoms with Crippen molar-refractivity contribution in [1.82, 2.24) is 9.66 Å². The lowest BCUT2D eigenvalue weighted by molar-refractivity contribution is -0.118. The van der Waals surface area contributed by atoms with Crippen molar-refractivity contribution in [2.75, 3.05) is 19.0 Å². The SMILES string of the molecule is COc1cc(C=Nn2c(C(C)(C)C)nc3ccc(Br)cc3c2=O)cc(I)c1OCC(=O)Nc1ccc(F)cc1. The summed E-state index contributed by atoms with van der Waals surface area (Å²) in [5, 5.41) is 7.60. The number of halogens is 3. The number of ether oxygens (including phenoxy) is 2. The number of carbonyl (C=O) groups excluding carboxylic acids is 1. The Kier molecular flexibility index (Phi) is 8.70. The van der Waals surface area contributed by atoms with Gasteiger partial charge in [0, 0.05) is 15.6 Å². The highest BCUT2D eigenvalue weighted by Gasteiger charge is 2.23. The molecule has 0 saturated carbocycles. The van der Waals surface area contributed by atoms with Gasteiger partial charge in [0.25, 0.3) is 11.5 Å². The van der Waals surface area contributed by atoms with Gasteiger partial charge in [0.15, 0.2) is 18.1 Å². The lowest BCUT2D eigenvalue weighted by Gasteiger charge is -2.21. The third-order valence-corrected chi connectivity index (χ3v) is 6.82. The predicted octanol–water partition coefficient (Wildman–Crippen LogP) is 6.11. The average molecular weight is 707 g/mol. The lowest BCUT2D eigenvalue weighted by Crippen LogP contribution is -2.29. The second kappa shape index (κ2) is 11.8. The molecule has 11 heteroatoms. The predicted molar refractivity (Wildman–Crippen MR) is 162 cm³/mol. The van der Waals surface area contributed by atoms with Crippen molar-refractivity contribution in [2.24, 2.45) is 5.10 Å². The van der Waals surface area contributed by atoms with Crippen LogP contribution in [0.3, 0.4) is 0 Å². The maximum atomic E-state index is 13.4. The number of fused-ring (bicyclic) bond motifs is 1. The molecular weight excluding hydrogens is 682 g/mol. The summed E-state index contributed by atoms with van der Waals surface area (Å²) in [6, 6.07) is 14.3. The maximum absolute atomic E-state index is 13.4. The smallest absolute Gasteiger partial charge is 0.282 e. The van der Waals surface area contributed by atoms with Gasteiger partial charge in [-0.1, -0.05) is 36.7 Å². The summed E-state index contributed by atoms with van der Waals surface area (Å²) in [6.45, 7) is 5.63. The van der Waals surface area contributed by atoms with Gasteiger partial charge in [0.2, 0.25) is 0 Å². The summed E-state index contributed by atoms with van der Waals surface area (Å²) in [4.78, 5) is 30.5. The third kappa shape index (κ3) is 6.82. The largest absolute Gasteiger partial charge is 0.493 e. The van der Waals surface area contributed by atoms with Crippen LogP contribution in [0.25, 0.3) is 10.9 Å². The van der Waals surface area contributed by atoms with E-state index in [1.54, 1.807) is 30.5 Å². The Bertz CT molecular complexity index is 1630. The average Bonchev–Trinajstić information content (AvgIpc) is 2.88. The van der Waals surface area contributed by atoms with Crippen LogP contribution in [0.1, 0.15) is 32.2 Å². The number of carbonyl (C=O) groups is 1. The standard InChI is InChI=1S/C28H25BrFIN4O4/c1-28(2,3)27-34-22-10-5-17(29)13-20(22)26(37)35(27)32-14-16-11-21(31)25(23(12-16)38-4)39-15-24(36)33-19-8-6-18(30)7-9-19/h5-14H,15H2,1-4H3,(H,33,36). The normalized spacial score (nSPS) is 11.7. The van der Waals surface area contributed by atoms with E-state index < -0.39 is 17.1 Å². The quantitative estimate of drug-likeness (QED) is 0.185. The summed E-state index contributed by atoms with van der Waals surface area (Å²) in [5.74, 6) is 0.495. The summed E-state index contributed by atoms with van der Waals surface area (Å²) in [7, 11) is 1.49. The van der Waals surface area contributed by atoms with E-state index >= 15 is 0 Å². The molecule has 1 aromatic heterocycles. The molecule has 0 spiro atoms. The number of aromatic nitrogens is 2. The Hall–Kier alpha value is -3.32. The van der Waals surface area contributed by atoms with Crippen LogP contribution in [0.15, 0.2) is 69.0 Å². The van der Waals surface area contributed by atoms with Gasteiger partial charge >= 0.3 is 0 Å². The summed E-state index contributed by atoms with van der Waals surface area (Å²) in [6.07, 6.45) is 1.55. The topological polar surface area (TPSA) is 94.8 Å². The number of anilines is 1. The van der Waals surface area contributed by atoms with E-state index in [0.717, 1.165) is 4.47 Å². The zero-order valence-electron chi connectivity index (χ0n) is 21.6. The van der Waals surface area contributed by atoms with Gasteiger partial charge in [-0.2, -0.15) is 9.78 Å². The highest BCUT2D eigenvalue weighted by atomic mass is 127.